The third-order valence-corrected chi connectivity index (χ3v) is 2.38. The fourth-order valence-electron chi connectivity index (χ4n) is 1.42. The van der Waals surface area contributed by atoms with Gasteiger partial charge in [0.15, 0.2) is 0 Å². The van der Waals surface area contributed by atoms with E-state index >= 15 is 0 Å². The van der Waals surface area contributed by atoms with E-state index < -0.39 is 0 Å². The largest absolute Gasteiger partial charge is 0.396 e. The van der Waals surface area contributed by atoms with Gasteiger partial charge in [0, 0.05) is 25.4 Å². The molecule has 0 saturated carbocycles. The number of carbonyl (C=O) groups is 1. The fraction of sp³-hybridized carbons (Fsp3) is 0.875. The summed E-state index contributed by atoms with van der Waals surface area (Å²) in [5, 5.41) is 8.99. The highest BCUT2D eigenvalue weighted by Crippen LogP contribution is 2.28. The summed E-state index contributed by atoms with van der Waals surface area (Å²) in [6.07, 6.45) is 0.920. The number of nitrogens with zero attached hydrogens (tertiary/aromatic N) is 1. The van der Waals surface area contributed by atoms with Crippen molar-refractivity contribution in [1.82, 2.24) is 4.90 Å². The van der Waals surface area contributed by atoms with Gasteiger partial charge in [0.25, 0.3) is 0 Å². The molecular weight excluding hydrogens is 142 g/mol. The van der Waals surface area contributed by atoms with E-state index in [4.69, 9.17) is 5.11 Å². The molecule has 0 aromatic rings. The van der Waals surface area contributed by atoms with E-state index in [2.05, 4.69) is 0 Å². The monoisotopic (exact) mass is 157 g/mol. The second-order valence-corrected chi connectivity index (χ2v) is 3.66. The number of hydrogen-bond acceptors (Lipinski definition) is 2. The standard InChI is InChI=1S/C8H15NO2/c1-7(11)9-4-3-8(2,5-9)6-10/h10H,3-6H2,1-2H3. The van der Waals surface area contributed by atoms with Crippen LogP contribution in [0.3, 0.4) is 0 Å². The highest BCUT2D eigenvalue weighted by molar-refractivity contribution is 5.73. The molecule has 3 heteroatoms. The van der Waals surface area contributed by atoms with Crippen LogP contribution in [0, 0.1) is 5.41 Å². The Morgan fingerprint density at radius 3 is 2.64 bits per heavy atom. The van der Waals surface area contributed by atoms with E-state index in [1.807, 2.05) is 6.92 Å². The molecule has 64 valence electrons. The molecule has 11 heavy (non-hydrogen) atoms. The molecule has 0 aliphatic carbocycles. The van der Waals surface area contributed by atoms with Crippen LogP contribution in [0.5, 0.6) is 0 Å². The first-order chi connectivity index (χ1) is 5.07. The maximum Gasteiger partial charge on any atom is 0.219 e. The van der Waals surface area contributed by atoms with Gasteiger partial charge >= 0.3 is 0 Å². The van der Waals surface area contributed by atoms with Gasteiger partial charge in [-0.15, -0.1) is 0 Å². The summed E-state index contributed by atoms with van der Waals surface area (Å²) >= 11 is 0. The van der Waals surface area contributed by atoms with Crippen LogP contribution >= 0.6 is 0 Å². The Balaban J connectivity index is 2.53. The van der Waals surface area contributed by atoms with Gasteiger partial charge in [-0.1, -0.05) is 6.92 Å². The lowest BCUT2D eigenvalue weighted by molar-refractivity contribution is -0.128. The van der Waals surface area contributed by atoms with E-state index in [0.29, 0.717) is 6.54 Å². The van der Waals surface area contributed by atoms with Gasteiger partial charge in [0.1, 0.15) is 0 Å². The zero-order valence-corrected chi connectivity index (χ0v) is 7.13. The SMILES string of the molecule is CC(=O)N1CCC(C)(CO)C1. The first-order valence-electron chi connectivity index (χ1n) is 3.94. The molecule has 1 aliphatic rings. The summed E-state index contributed by atoms with van der Waals surface area (Å²) < 4.78 is 0. The summed E-state index contributed by atoms with van der Waals surface area (Å²) in [5.41, 5.74) is -0.0499. The molecule has 1 unspecified atom stereocenters. The van der Waals surface area contributed by atoms with Crippen LogP contribution in [0.1, 0.15) is 20.3 Å². The fourth-order valence-corrected chi connectivity index (χ4v) is 1.42. The Hall–Kier alpha value is -0.570. The van der Waals surface area contributed by atoms with Gasteiger partial charge in [-0.2, -0.15) is 0 Å². The molecule has 1 amide bonds. The van der Waals surface area contributed by atoms with Crippen LogP contribution in [-0.4, -0.2) is 35.6 Å². The van der Waals surface area contributed by atoms with Crippen molar-refractivity contribution in [3.8, 4) is 0 Å². The molecule has 1 N–H and O–H groups in total. The Morgan fingerprint density at radius 1 is 1.73 bits per heavy atom. The van der Waals surface area contributed by atoms with Gasteiger partial charge < -0.3 is 10.0 Å². The van der Waals surface area contributed by atoms with Gasteiger partial charge in [-0.3, -0.25) is 4.79 Å². The number of rotatable bonds is 1. The van der Waals surface area contributed by atoms with Gasteiger partial charge in [-0.25, -0.2) is 0 Å². The topological polar surface area (TPSA) is 40.5 Å². The number of carbonyl (C=O) groups excluding carboxylic acids is 1. The number of likely N-dealkylation sites (tertiary alicyclic amines) is 1. The molecule has 3 nitrogen and oxygen atoms in total. The Kier molecular flexibility index (Phi) is 2.18. The van der Waals surface area contributed by atoms with Crippen molar-refractivity contribution in [1.29, 1.82) is 0 Å². The van der Waals surface area contributed by atoms with Crippen LogP contribution in [0.4, 0.5) is 0 Å². The minimum absolute atomic E-state index is 0.0499. The summed E-state index contributed by atoms with van der Waals surface area (Å²) in [4.78, 5) is 12.7. The van der Waals surface area contributed by atoms with Crippen molar-refractivity contribution >= 4 is 5.91 Å². The smallest absolute Gasteiger partial charge is 0.219 e. The molecule has 1 fully saturated rings. The molecule has 1 rings (SSSR count). The summed E-state index contributed by atoms with van der Waals surface area (Å²) in [6.45, 7) is 5.26. The molecule has 1 heterocycles. The molecule has 0 radical (unpaired) electrons. The Morgan fingerprint density at radius 2 is 2.36 bits per heavy atom. The molecule has 1 saturated heterocycles. The summed E-state index contributed by atoms with van der Waals surface area (Å²) in [6, 6.07) is 0. The van der Waals surface area contributed by atoms with E-state index in [-0.39, 0.29) is 17.9 Å². The predicted molar refractivity (Wildman–Crippen MR) is 42.1 cm³/mol. The number of hydrogen-bond donors (Lipinski definition) is 1. The number of amides is 1. The Labute approximate surface area is 67.0 Å². The Bertz CT molecular complexity index is 169. The summed E-state index contributed by atoms with van der Waals surface area (Å²) in [7, 11) is 0. The van der Waals surface area contributed by atoms with Crippen LogP contribution in [0.15, 0.2) is 0 Å². The summed E-state index contributed by atoms with van der Waals surface area (Å²) in [5.74, 6) is 0.113. The third-order valence-electron chi connectivity index (χ3n) is 2.38. The maximum absolute atomic E-state index is 10.9. The second-order valence-electron chi connectivity index (χ2n) is 3.66. The average molecular weight is 157 g/mol. The zero-order chi connectivity index (χ0) is 8.48. The van der Waals surface area contributed by atoms with Crippen molar-refractivity contribution in [3.05, 3.63) is 0 Å². The quantitative estimate of drug-likeness (QED) is 0.592. The van der Waals surface area contributed by atoms with Crippen LogP contribution < -0.4 is 0 Å². The average Bonchev–Trinajstić information content (AvgIpc) is 2.33. The molecule has 0 aromatic carbocycles. The molecule has 0 spiro atoms. The first-order valence-corrected chi connectivity index (χ1v) is 3.94. The molecule has 0 aromatic heterocycles. The molecule has 1 atom stereocenters. The molecule has 0 bridgehead atoms. The third kappa shape index (κ3) is 1.71. The van der Waals surface area contributed by atoms with Crippen molar-refractivity contribution in [2.24, 2.45) is 5.41 Å². The number of aliphatic hydroxyl groups is 1. The van der Waals surface area contributed by atoms with Gasteiger partial charge in [-0.05, 0) is 6.42 Å². The second kappa shape index (κ2) is 2.81. The minimum atomic E-state index is -0.0499. The molecule has 1 aliphatic heterocycles. The first kappa shape index (κ1) is 8.53. The lowest BCUT2D eigenvalue weighted by atomic mass is 9.91. The van der Waals surface area contributed by atoms with Crippen LogP contribution in [0.25, 0.3) is 0 Å². The normalized spacial score (nSPS) is 31.0. The van der Waals surface area contributed by atoms with E-state index in [9.17, 15) is 4.79 Å². The minimum Gasteiger partial charge on any atom is -0.396 e. The number of aliphatic hydroxyl groups excluding tert-OH is 1. The highest BCUT2D eigenvalue weighted by atomic mass is 16.3. The zero-order valence-electron chi connectivity index (χ0n) is 7.13. The maximum atomic E-state index is 10.9. The van der Waals surface area contributed by atoms with E-state index in [1.165, 1.54) is 0 Å². The van der Waals surface area contributed by atoms with E-state index in [0.717, 1.165) is 13.0 Å². The van der Waals surface area contributed by atoms with Crippen molar-refractivity contribution in [2.75, 3.05) is 19.7 Å². The highest BCUT2D eigenvalue weighted by Gasteiger charge is 2.33. The van der Waals surface area contributed by atoms with Crippen molar-refractivity contribution in [2.45, 2.75) is 20.3 Å². The van der Waals surface area contributed by atoms with Crippen molar-refractivity contribution in [3.63, 3.8) is 0 Å². The molecular formula is C8H15NO2. The van der Waals surface area contributed by atoms with Crippen molar-refractivity contribution < 1.29 is 9.90 Å². The van der Waals surface area contributed by atoms with E-state index in [1.54, 1.807) is 11.8 Å². The lowest BCUT2D eigenvalue weighted by Gasteiger charge is -2.20. The van der Waals surface area contributed by atoms with Crippen LogP contribution in [-0.2, 0) is 4.79 Å². The predicted octanol–water partition coefficient (Wildman–Crippen LogP) is 0.237. The van der Waals surface area contributed by atoms with Gasteiger partial charge in [0.05, 0.1) is 6.61 Å². The van der Waals surface area contributed by atoms with Crippen LogP contribution in [0.2, 0.25) is 0 Å². The lowest BCUT2D eigenvalue weighted by Crippen LogP contribution is -2.30. The van der Waals surface area contributed by atoms with Gasteiger partial charge in [0.2, 0.25) is 5.91 Å².